The molecule has 1 saturated carbocycles. The van der Waals surface area contributed by atoms with Crippen LogP contribution in [0, 0.1) is 0 Å². The van der Waals surface area contributed by atoms with Crippen LogP contribution in [0.1, 0.15) is 18.5 Å². The van der Waals surface area contributed by atoms with Gasteiger partial charge in [-0.15, -0.1) is 0 Å². The molecule has 1 heterocycles. The van der Waals surface area contributed by atoms with Crippen molar-refractivity contribution >= 4 is 0 Å². The summed E-state index contributed by atoms with van der Waals surface area (Å²) in [6, 6.07) is 0. The van der Waals surface area contributed by atoms with Gasteiger partial charge in [0, 0.05) is 6.20 Å². The second-order valence-corrected chi connectivity index (χ2v) is 2.80. The first-order chi connectivity index (χ1) is 4.87. The average Bonchev–Trinajstić information content (AvgIpc) is 2.58. The van der Waals surface area contributed by atoms with Gasteiger partial charge in [-0.3, -0.25) is 0 Å². The van der Waals surface area contributed by atoms with Crippen LogP contribution < -0.4 is 5.32 Å². The molecule has 0 unspecified atom stereocenters. The largest absolute Gasteiger partial charge is 0.347 e. The highest BCUT2D eigenvalue weighted by Crippen LogP contribution is 2.43. The van der Waals surface area contributed by atoms with E-state index < -0.39 is 0 Å². The monoisotopic (exact) mass is 137 g/mol. The molecule has 54 valence electrons. The fourth-order valence-electron chi connectivity index (χ4n) is 1.30. The first-order valence-electron chi connectivity index (χ1n) is 3.55. The van der Waals surface area contributed by atoms with Gasteiger partial charge in [0.05, 0.1) is 17.6 Å². The van der Waals surface area contributed by atoms with Gasteiger partial charge in [-0.2, -0.15) is 0 Å². The van der Waals surface area contributed by atoms with E-state index in [4.69, 9.17) is 0 Å². The minimum atomic E-state index is 0.247. The maximum atomic E-state index is 3.98. The lowest BCUT2D eigenvalue weighted by atomic mass is 10.2. The number of imidazole rings is 1. The summed E-state index contributed by atoms with van der Waals surface area (Å²) >= 11 is 0. The second-order valence-electron chi connectivity index (χ2n) is 2.80. The van der Waals surface area contributed by atoms with Crippen molar-refractivity contribution in [3.63, 3.8) is 0 Å². The van der Waals surface area contributed by atoms with E-state index in [1.54, 1.807) is 6.33 Å². The van der Waals surface area contributed by atoms with Gasteiger partial charge in [0.15, 0.2) is 0 Å². The standard InChI is InChI=1S/C7H11N3/c1-8-7(2-3-7)6-4-9-5-10-6/h4-5,8H,2-3H2,1H3,(H,9,10). The van der Waals surface area contributed by atoms with Crippen molar-refractivity contribution in [2.75, 3.05) is 7.05 Å². The van der Waals surface area contributed by atoms with E-state index in [1.165, 1.54) is 18.5 Å². The van der Waals surface area contributed by atoms with Crippen LogP contribution in [-0.4, -0.2) is 17.0 Å². The normalized spacial score (nSPS) is 20.9. The minimum absolute atomic E-state index is 0.247. The van der Waals surface area contributed by atoms with Crippen LogP contribution >= 0.6 is 0 Å². The molecule has 3 nitrogen and oxygen atoms in total. The van der Waals surface area contributed by atoms with E-state index in [1.807, 2.05) is 13.2 Å². The predicted molar refractivity (Wildman–Crippen MR) is 38.6 cm³/mol. The zero-order valence-corrected chi connectivity index (χ0v) is 6.02. The van der Waals surface area contributed by atoms with Gasteiger partial charge in [0.1, 0.15) is 0 Å². The molecule has 0 bridgehead atoms. The number of aromatic nitrogens is 2. The number of aromatic amines is 1. The summed E-state index contributed by atoms with van der Waals surface area (Å²) in [6.45, 7) is 0. The van der Waals surface area contributed by atoms with E-state index >= 15 is 0 Å². The smallest absolute Gasteiger partial charge is 0.0922 e. The maximum absolute atomic E-state index is 3.98. The van der Waals surface area contributed by atoms with Crippen molar-refractivity contribution < 1.29 is 0 Å². The van der Waals surface area contributed by atoms with Gasteiger partial charge in [-0.05, 0) is 19.9 Å². The SMILES string of the molecule is CNC1(c2cnc[nH]2)CC1. The van der Waals surface area contributed by atoms with E-state index in [2.05, 4.69) is 15.3 Å². The molecule has 0 spiro atoms. The van der Waals surface area contributed by atoms with Crippen molar-refractivity contribution in [3.05, 3.63) is 18.2 Å². The van der Waals surface area contributed by atoms with Gasteiger partial charge in [0.25, 0.3) is 0 Å². The molecule has 0 atom stereocenters. The van der Waals surface area contributed by atoms with Crippen molar-refractivity contribution in [1.82, 2.24) is 15.3 Å². The molecule has 2 rings (SSSR count). The van der Waals surface area contributed by atoms with Gasteiger partial charge in [0.2, 0.25) is 0 Å². The Bertz CT molecular complexity index is 211. The Kier molecular flexibility index (Phi) is 1.08. The van der Waals surface area contributed by atoms with Crippen LogP contribution in [0.25, 0.3) is 0 Å². The van der Waals surface area contributed by atoms with Crippen molar-refractivity contribution in [1.29, 1.82) is 0 Å². The molecule has 1 aliphatic carbocycles. The molecular formula is C7H11N3. The Morgan fingerprint density at radius 1 is 1.70 bits per heavy atom. The van der Waals surface area contributed by atoms with Crippen LogP contribution in [-0.2, 0) is 5.54 Å². The average molecular weight is 137 g/mol. The van der Waals surface area contributed by atoms with E-state index in [0.717, 1.165) is 0 Å². The first kappa shape index (κ1) is 5.92. The molecule has 2 N–H and O–H groups in total. The van der Waals surface area contributed by atoms with Gasteiger partial charge >= 0.3 is 0 Å². The van der Waals surface area contributed by atoms with Crippen molar-refractivity contribution in [2.45, 2.75) is 18.4 Å². The Labute approximate surface area is 59.9 Å². The summed E-state index contributed by atoms with van der Waals surface area (Å²) in [5, 5.41) is 3.28. The highest BCUT2D eigenvalue weighted by atomic mass is 15.0. The summed E-state index contributed by atoms with van der Waals surface area (Å²) in [7, 11) is 1.99. The molecule has 3 heteroatoms. The lowest BCUT2D eigenvalue weighted by molar-refractivity contribution is 0.570. The summed E-state index contributed by atoms with van der Waals surface area (Å²) < 4.78 is 0. The van der Waals surface area contributed by atoms with Crippen LogP contribution in [0.3, 0.4) is 0 Å². The third kappa shape index (κ3) is 0.671. The summed E-state index contributed by atoms with van der Waals surface area (Å²) in [4.78, 5) is 7.10. The number of rotatable bonds is 2. The lowest BCUT2D eigenvalue weighted by Crippen LogP contribution is -2.24. The number of nitrogens with one attached hydrogen (secondary N) is 2. The maximum Gasteiger partial charge on any atom is 0.0922 e. The zero-order valence-electron chi connectivity index (χ0n) is 6.02. The molecule has 1 aromatic rings. The fourth-order valence-corrected chi connectivity index (χ4v) is 1.30. The van der Waals surface area contributed by atoms with Gasteiger partial charge < -0.3 is 10.3 Å². The Hall–Kier alpha value is -0.830. The lowest BCUT2D eigenvalue weighted by Gasteiger charge is -2.09. The van der Waals surface area contributed by atoms with Crippen LogP contribution in [0.15, 0.2) is 12.5 Å². The predicted octanol–water partition coefficient (Wildman–Crippen LogP) is 0.618. The molecule has 1 aliphatic rings. The van der Waals surface area contributed by atoms with E-state index in [9.17, 15) is 0 Å². The summed E-state index contributed by atoms with van der Waals surface area (Å²) in [6.07, 6.45) is 6.08. The molecule has 1 aromatic heterocycles. The van der Waals surface area contributed by atoms with Crippen LogP contribution in [0.4, 0.5) is 0 Å². The summed E-state index contributed by atoms with van der Waals surface area (Å²) in [5.74, 6) is 0. The van der Waals surface area contributed by atoms with Gasteiger partial charge in [-0.25, -0.2) is 4.98 Å². The topological polar surface area (TPSA) is 40.7 Å². The molecule has 0 amide bonds. The molecule has 0 saturated heterocycles. The minimum Gasteiger partial charge on any atom is -0.347 e. The highest BCUT2D eigenvalue weighted by molar-refractivity contribution is 5.19. The number of hydrogen-bond acceptors (Lipinski definition) is 2. The number of hydrogen-bond donors (Lipinski definition) is 2. The van der Waals surface area contributed by atoms with Crippen molar-refractivity contribution in [2.24, 2.45) is 0 Å². The summed E-state index contributed by atoms with van der Waals surface area (Å²) in [5.41, 5.74) is 1.46. The van der Waals surface area contributed by atoms with Crippen LogP contribution in [0.5, 0.6) is 0 Å². The quantitative estimate of drug-likeness (QED) is 0.627. The number of nitrogens with zero attached hydrogens (tertiary/aromatic N) is 1. The second kappa shape index (κ2) is 1.83. The third-order valence-corrected chi connectivity index (χ3v) is 2.24. The Balaban J connectivity index is 2.27. The van der Waals surface area contributed by atoms with E-state index in [-0.39, 0.29) is 5.54 Å². The molecule has 10 heavy (non-hydrogen) atoms. The Morgan fingerprint density at radius 3 is 2.90 bits per heavy atom. The zero-order chi connectivity index (χ0) is 7.03. The highest BCUT2D eigenvalue weighted by Gasteiger charge is 2.43. The van der Waals surface area contributed by atoms with Gasteiger partial charge in [-0.1, -0.05) is 0 Å². The fraction of sp³-hybridized carbons (Fsp3) is 0.571. The Morgan fingerprint density at radius 2 is 2.50 bits per heavy atom. The molecule has 1 fully saturated rings. The van der Waals surface area contributed by atoms with Crippen LogP contribution in [0.2, 0.25) is 0 Å². The molecule has 0 radical (unpaired) electrons. The molecule has 0 aromatic carbocycles. The number of H-pyrrole nitrogens is 1. The van der Waals surface area contributed by atoms with E-state index in [0.29, 0.717) is 0 Å². The van der Waals surface area contributed by atoms with Crippen molar-refractivity contribution in [3.8, 4) is 0 Å². The third-order valence-electron chi connectivity index (χ3n) is 2.24. The molecular weight excluding hydrogens is 126 g/mol. The first-order valence-corrected chi connectivity index (χ1v) is 3.55. The molecule has 0 aliphatic heterocycles.